The first kappa shape index (κ1) is 18.5. The van der Waals surface area contributed by atoms with Crippen molar-refractivity contribution >= 4 is 23.2 Å². The molecule has 1 aliphatic rings. The molecule has 2 N–H and O–H groups in total. The maximum atomic E-state index is 12.5. The first-order chi connectivity index (χ1) is 12.6. The summed E-state index contributed by atoms with van der Waals surface area (Å²) in [6, 6.07) is 9.80. The van der Waals surface area contributed by atoms with Gasteiger partial charge in [-0.1, -0.05) is 30.3 Å². The van der Waals surface area contributed by atoms with Crippen molar-refractivity contribution < 1.29 is 9.59 Å². The Hall–Kier alpha value is -2.25. The summed E-state index contributed by atoms with van der Waals surface area (Å²) in [7, 11) is 0. The molecule has 6 nitrogen and oxygen atoms in total. The minimum Gasteiger partial charge on any atom is -0.355 e. The van der Waals surface area contributed by atoms with Crippen molar-refractivity contribution in [2.45, 2.75) is 38.9 Å². The second kappa shape index (κ2) is 8.42. The van der Waals surface area contributed by atoms with E-state index >= 15 is 0 Å². The number of hydrogen-bond acceptors (Lipinski definition) is 5. The minimum absolute atomic E-state index is 0.0224. The average Bonchev–Trinajstić information content (AvgIpc) is 3.22. The number of carbonyl (C=O) groups excluding carboxylic acids is 2. The number of benzene rings is 1. The molecule has 3 rings (SSSR count). The molecule has 0 spiro atoms. The Morgan fingerprint density at radius 2 is 2.08 bits per heavy atom. The predicted molar refractivity (Wildman–Crippen MR) is 102 cm³/mol. The number of likely N-dealkylation sites (N-methyl/N-ethyl adjacent to an activating group) is 1. The highest BCUT2D eigenvalue weighted by Gasteiger charge is 2.37. The van der Waals surface area contributed by atoms with Crippen LogP contribution >= 0.6 is 11.3 Å². The van der Waals surface area contributed by atoms with Gasteiger partial charge in [0.1, 0.15) is 4.88 Å². The van der Waals surface area contributed by atoms with E-state index in [-0.39, 0.29) is 23.9 Å². The van der Waals surface area contributed by atoms with Gasteiger partial charge in [-0.3, -0.25) is 14.5 Å². The summed E-state index contributed by atoms with van der Waals surface area (Å²) in [4.78, 5) is 31.9. The molecule has 0 saturated carbocycles. The molecular formula is C19H24N4O2S. The van der Waals surface area contributed by atoms with Crippen LogP contribution in [0.4, 0.5) is 0 Å². The standard InChI is InChI=1S/C19H24N4O2S/c1-3-20-18(24)16-9-15(22-19(25)17-13(2)21-12-26-17)11-23(16)10-14-7-5-4-6-8-14/h4-8,12,15-16H,3,9-11H2,1-2H3,(H,20,24)(H,22,25)/t15-,16-/m0/s1. The molecule has 0 radical (unpaired) electrons. The molecule has 2 heterocycles. The zero-order valence-electron chi connectivity index (χ0n) is 15.1. The van der Waals surface area contributed by atoms with Crippen LogP contribution in [0.3, 0.4) is 0 Å². The number of nitrogens with one attached hydrogen (secondary N) is 2. The van der Waals surface area contributed by atoms with Crippen molar-refractivity contribution in [3.63, 3.8) is 0 Å². The number of thiazole rings is 1. The predicted octanol–water partition coefficient (Wildman–Crippen LogP) is 1.96. The summed E-state index contributed by atoms with van der Waals surface area (Å²) >= 11 is 1.34. The SMILES string of the molecule is CCNC(=O)[C@@H]1C[C@H](NC(=O)c2scnc2C)CN1Cc1ccccc1. The number of amides is 2. The summed E-state index contributed by atoms with van der Waals surface area (Å²) < 4.78 is 0. The normalized spacial score (nSPS) is 20.1. The van der Waals surface area contributed by atoms with Crippen molar-refractivity contribution in [1.29, 1.82) is 0 Å². The van der Waals surface area contributed by atoms with Crippen molar-refractivity contribution in [2.75, 3.05) is 13.1 Å². The van der Waals surface area contributed by atoms with Crippen LogP contribution in [-0.2, 0) is 11.3 Å². The fraction of sp³-hybridized carbons (Fsp3) is 0.421. The van der Waals surface area contributed by atoms with Crippen molar-refractivity contribution in [3.8, 4) is 0 Å². The van der Waals surface area contributed by atoms with Crippen LogP contribution in [0.1, 0.15) is 34.3 Å². The van der Waals surface area contributed by atoms with Gasteiger partial charge in [0.15, 0.2) is 0 Å². The van der Waals surface area contributed by atoms with Crippen LogP contribution in [0.25, 0.3) is 0 Å². The fourth-order valence-electron chi connectivity index (χ4n) is 3.34. The Kier molecular flexibility index (Phi) is 6.00. The molecule has 0 bridgehead atoms. The monoisotopic (exact) mass is 372 g/mol. The zero-order valence-corrected chi connectivity index (χ0v) is 15.9. The highest BCUT2D eigenvalue weighted by molar-refractivity contribution is 7.11. The number of nitrogens with zero attached hydrogens (tertiary/aromatic N) is 2. The van der Waals surface area contributed by atoms with Gasteiger partial charge < -0.3 is 10.6 Å². The second-order valence-corrected chi connectivity index (χ2v) is 7.35. The Labute approximate surface area is 157 Å². The smallest absolute Gasteiger partial charge is 0.263 e. The molecule has 1 fully saturated rings. The lowest BCUT2D eigenvalue weighted by Crippen LogP contribution is -2.42. The van der Waals surface area contributed by atoms with Crippen LogP contribution < -0.4 is 10.6 Å². The maximum absolute atomic E-state index is 12.5. The molecular weight excluding hydrogens is 348 g/mol. The van der Waals surface area contributed by atoms with Crippen LogP contribution in [0.2, 0.25) is 0 Å². The Balaban J connectivity index is 1.70. The maximum Gasteiger partial charge on any atom is 0.263 e. The third-order valence-electron chi connectivity index (χ3n) is 4.57. The molecule has 26 heavy (non-hydrogen) atoms. The van der Waals surface area contributed by atoms with E-state index in [1.54, 1.807) is 5.51 Å². The second-order valence-electron chi connectivity index (χ2n) is 6.50. The molecule has 7 heteroatoms. The van der Waals surface area contributed by atoms with Crippen molar-refractivity contribution in [2.24, 2.45) is 0 Å². The molecule has 1 saturated heterocycles. The third-order valence-corrected chi connectivity index (χ3v) is 5.50. The fourth-order valence-corrected chi connectivity index (χ4v) is 4.04. The highest BCUT2D eigenvalue weighted by atomic mass is 32.1. The number of aromatic nitrogens is 1. The van der Waals surface area contributed by atoms with Crippen LogP contribution in [0, 0.1) is 6.92 Å². The molecule has 1 aliphatic heterocycles. The van der Waals surface area contributed by atoms with E-state index in [0.717, 1.165) is 11.3 Å². The molecule has 0 unspecified atom stereocenters. The summed E-state index contributed by atoms with van der Waals surface area (Å²) in [6.07, 6.45) is 0.613. The van der Waals surface area contributed by atoms with E-state index < -0.39 is 0 Å². The summed E-state index contributed by atoms with van der Waals surface area (Å²) in [6.45, 7) is 5.69. The van der Waals surface area contributed by atoms with E-state index in [1.165, 1.54) is 11.3 Å². The van der Waals surface area contributed by atoms with Crippen molar-refractivity contribution in [1.82, 2.24) is 20.5 Å². The van der Waals surface area contributed by atoms with E-state index in [4.69, 9.17) is 0 Å². The molecule has 2 aromatic rings. The Morgan fingerprint density at radius 3 is 2.73 bits per heavy atom. The highest BCUT2D eigenvalue weighted by Crippen LogP contribution is 2.22. The molecule has 0 aliphatic carbocycles. The summed E-state index contributed by atoms with van der Waals surface area (Å²) in [5.74, 6) is -0.0830. The lowest BCUT2D eigenvalue weighted by molar-refractivity contribution is -0.125. The molecule has 1 aromatic heterocycles. The lowest BCUT2D eigenvalue weighted by Gasteiger charge is -2.23. The molecule has 2 amide bonds. The number of aryl methyl sites for hydroxylation is 1. The van der Waals surface area contributed by atoms with E-state index in [2.05, 4.69) is 32.7 Å². The molecule has 2 atom stereocenters. The zero-order chi connectivity index (χ0) is 18.5. The molecule has 138 valence electrons. The summed E-state index contributed by atoms with van der Waals surface area (Å²) in [5, 5.41) is 5.99. The van der Waals surface area contributed by atoms with Crippen LogP contribution in [-0.4, -0.2) is 46.9 Å². The first-order valence-corrected chi connectivity index (χ1v) is 9.73. The van der Waals surface area contributed by atoms with Crippen LogP contribution in [0.5, 0.6) is 0 Å². The number of hydrogen-bond donors (Lipinski definition) is 2. The minimum atomic E-state index is -0.233. The van der Waals surface area contributed by atoms with Gasteiger partial charge in [0.05, 0.1) is 17.2 Å². The third kappa shape index (κ3) is 4.28. The van der Waals surface area contributed by atoms with E-state index in [0.29, 0.717) is 30.9 Å². The lowest BCUT2D eigenvalue weighted by atomic mass is 10.1. The van der Waals surface area contributed by atoms with Gasteiger partial charge in [0, 0.05) is 25.7 Å². The van der Waals surface area contributed by atoms with Gasteiger partial charge in [-0.25, -0.2) is 4.98 Å². The number of likely N-dealkylation sites (tertiary alicyclic amines) is 1. The number of rotatable bonds is 6. The van der Waals surface area contributed by atoms with Gasteiger partial charge >= 0.3 is 0 Å². The van der Waals surface area contributed by atoms with E-state index in [9.17, 15) is 9.59 Å². The van der Waals surface area contributed by atoms with Gasteiger partial charge in [0.25, 0.3) is 5.91 Å². The first-order valence-electron chi connectivity index (χ1n) is 8.85. The number of carbonyl (C=O) groups is 2. The van der Waals surface area contributed by atoms with Gasteiger partial charge in [-0.2, -0.15) is 0 Å². The molecule has 1 aromatic carbocycles. The van der Waals surface area contributed by atoms with Gasteiger partial charge in [-0.15, -0.1) is 11.3 Å². The Morgan fingerprint density at radius 1 is 1.31 bits per heavy atom. The van der Waals surface area contributed by atoms with Gasteiger partial charge in [0.2, 0.25) is 5.91 Å². The van der Waals surface area contributed by atoms with Crippen LogP contribution in [0.15, 0.2) is 35.8 Å². The summed E-state index contributed by atoms with van der Waals surface area (Å²) in [5.41, 5.74) is 3.58. The van der Waals surface area contributed by atoms with Gasteiger partial charge in [-0.05, 0) is 25.8 Å². The topological polar surface area (TPSA) is 74.3 Å². The Bertz CT molecular complexity index is 762. The average molecular weight is 372 g/mol. The van der Waals surface area contributed by atoms with E-state index in [1.807, 2.05) is 32.0 Å². The quantitative estimate of drug-likeness (QED) is 0.813. The van der Waals surface area contributed by atoms with Crippen molar-refractivity contribution in [3.05, 3.63) is 52.0 Å². The largest absolute Gasteiger partial charge is 0.355 e.